The first-order chi connectivity index (χ1) is 9.69. The van der Waals surface area contributed by atoms with E-state index in [2.05, 4.69) is 58.7 Å². The number of nitrogens with zero attached hydrogens (tertiary/aromatic N) is 3. The predicted octanol–water partition coefficient (Wildman–Crippen LogP) is 3.66. The monoisotopic (exact) mass is 283 g/mol. The fourth-order valence-corrected chi connectivity index (χ4v) is 2.88. The van der Waals surface area contributed by atoms with Crippen molar-refractivity contribution in [1.29, 1.82) is 0 Å². The number of fused-ring (bicyclic) bond motifs is 1. The van der Waals surface area contributed by atoms with Gasteiger partial charge in [0, 0.05) is 35.1 Å². The number of benzene rings is 1. The number of aryl methyl sites for hydroxylation is 2. The van der Waals surface area contributed by atoms with Gasteiger partial charge in [0.1, 0.15) is 0 Å². The molecule has 0 radical (unpaired) electrons. The molecule has 2 aromatic heterocycles. The zero-order chi connectivity index (χ0) is 14.1. The van der Waals surface area contributed by atoms with E-state index in [1.165, 1.54) is 21.7 Å². The molecule has 0 aliphatic carbocycles. The third-order valence-electron chi connectivity index (χ3n) is 3.66. The van der Waals surface area contributed by atoms with Crippen LogP contribution in [0.1, 0.15) is 22.5 Å². The summed E-state index contributed by atoms with van der Waals surface area (Å²) in [5, 5.41) is 0. The average Bonchev–Trinajstić information content (AvgIpc) is 2.92. The number of imidazole rings is 1. The van der Waals surface area contributed by atoms with Crippen molar-refractivity contribution in [2.75, 3.05) is 6.26 Å². The highest BCUT2D eigenvalue weighted by Crippen LogP contribution is 2.20. The molecule has 0 unspecified atom stereocenters. The van der Waals surface area contributed by atoms with E-state index in [1.54, 1.807) is 18.0 Å². The molecule has 0 aliphatic heterocycles. The van der Waals surface area contributed by atoms with Gasteiger partial charge < -0.3 is 0 Å². The Kier molecular flexibility index (Phi) is 3.49. The SMILES string of the molecule is CSc1ccc(Cc2c(C)nc3nccn3c2C)cc1. The molecule has 0 atom stereocenters. The normalized spacial score (nSPS) is 11.2. The van der Waals surface area contributed by atoms with E-state index in [1.807, 2.05) is 6.20 Å². The molecule has 102 valence electrons. The number of thioether (sulfide) groups is 1. The zero-order valence-electron chi connectivity index (χ0n) is 11.9. The van der Waals surface area contributed by atoms with Crippen molar-refractivity contribution in [3.05, 3.63) is 59.2 Å². The van der Waals surface area contributed by atoms with E-state index >= 15 is 0 Å². The number of rotatable bonds is 3. The van der Waals surface area contributed by atoms with E-state index in [4.69, 9.17) is 0 Å². The van der Waals surface area contributed by atoms with Crippen LogP contribution in [0.5, 0.6) is 0 Å². The van der Waals surface area contributed by atoms with Gasteiger partial charge in [-0.1, -0.05) is 12.1 Å². The maximum absolute atomic E-state index is 4.57. The van der Waals surface area contributed by atoms with Crippen molar-refractivity contribution >= 4 is 17.5 Å². The lowest BCUT2D eigenvalue weighted by Gasteiger charge is -2.11. The van der Waals surface area contributed by atoms with Crippen LogP contribution in [0, 0.1) is 13.8 Å². The van der Waals surface area contributed by atoms with Crippen LogP contribution in [0.2, 0.25) is 0 Å². The third-order valence-corrected chi connectivity index (χ3v) is 4.41. The first kappa shape index (κ1) is 13.2. The van der Waals surface area contributed by atoms with Gasteiger partial charge in [-0.05, 0) is 43.4 Å². The van der Waals surface area contributed by atoms with Gasteiger partial charge in [-0.3, -0.25) is 4.40 Å². The van der Waals surface area contributed by atoms with Gasteiger partial charge in [0.25, 0.3) is 0 Å². The van der Waals surface area contributed by atoms with Gasteiger partial charge >= 0.3 is 0 Å². The highest BCUT2D eigenvalue weighted by atomic mass is 32.2. The summed E-state index contributed by atoms with van der Waals surface area (Å²) in [7, 11) is 0. The lowest BCUT2D eigenvalue weighted by Crippen LogP contribution is -2.05. The van der Waals surface area contributed by atoms with E-state index in [0.717, 1.165) is 17.9 Å². The van der Waals surface area contributed by atoms with Gasteiger partial charge in [-0.2, -0.15) is 0 Å². The Balaban J connectivity index is 2.00. The molecule has 1 aromatic carbocycles. The summed E-state index contributed by atoms with van der Waals surface area (Å²) >= 11 is 1.77. The quantitative estimate of drug-likeness (QED) is 0.687. The molecular formula is C16H17N3S. The minimum absolute atomic E-state index is 0.779. The number of aromatic nitrogens is 3. The molecule has 3 aromatic rings. The van der Waals surface area contributed by atoms with Crippen molar-refractivity contribution in [1.82, 2.24) is 14.4 Å². The average molecular weight is 283 g/mol. The van der Waals surface area contributed by atoms with Crippen molar-refractivity contribution < 1.29 is 0 Å². The fourth-order valence-electron chi connectivity index (χ4n) is 2.47. The van der Waals surface area contributed by atoms with Gasteiger partial charge in [-0.25, -0.2) is 9.97 Å². The fraction of sp³-hybridized carbons (Fsp3) is 0.250. The van der Waals surface area contributed by atoms with Crippen LogP contribution in [0.25, 0.3) is 5.78 Å². The summed E-state index contributed by atoms with van der Waals surface area (Å²) in [6, 6.07) is 8.74. The Hall–Kier alpha value is -1.81. The summed E-state index contributed by atoms with van der Waals surface area (Å²) in [5.41, 5.74) is 4.89. The van der Waals surface area contributed by atoms with Crippen molar-refractivity contribution in [2.24, 2.45) is 0 Å². The lowest BCUT2D eigenvalue weighted by atomic mass is 10.0. The van der Waals surface area contributed by atoms with Crippen molar-refractivity contribution in [3.8, 4) is 0 Å². The number of hydrogen-bond acceptors (Lipinski definition) is 3. The molecule has 3 rings (SSSR count). The van der Waals surface area contributed by atoms with Crippen LogP contribution in [0.4, 0.5) is 0 Å². The molecule has 2 heterocycles. The van der Waals surface area contributed by atoms with Crippen LogP contribution in [-0.2, 0) is 6.42 Å². The van der Waals surface area contributed by atoms with E-state index in [9.17, 15) is 0 Å². The topological polar surface area (TPSA) is 30.2 Å². The van der Waals surface area contributed by atoms with E-state index < -0.39 is 0 Å². The Morgan fingerprint density at radius 3 is 2.60 bits per heavy atom. The predicted molar refractivity (Wildman–Crippen MR) is 83.5 cm³/mol. The van der Waals surface area contributed by atoms with Gasteiger partial charge in [0.2, 0.25) is 5.78 Å². The zero-order valence-corrected chi connectivity index (χ0v) is 12.7. The minimum Gasteiger partial charge on any atom is -0.288 e. The Morgan fingerprint density at radius 2 is 1.90 bits per heavy atom. The van der Waals surface area contributed by atoms with Gasteiger partial charge in [0.15, 0.2) is 0 Å². The molecule has 20 heavy (non-hydrogen) atoms. The molecule has 0 bridgehead atoms. The molecule has 0 saturated heterocycles. The Labute approximate surface area is 123 Å². The van der Waals surface area contributed by atoms with E-state index in [-0.39, 0.29) is 0 Å². The molecule has 0 fully saturated rings. The second kappa shape index (κ2) is 5.29. The smallest absolute Gasteiger partial charge is 0.234 e. The second-order valence-electron chi connectivity index (χ2n) is 4.88. The summed E-state index contributed by atoms with van der Waals surface area (Å²) in [6.07, 6.45) is 6.77. The molecule has 0 amide bonds. The first-order valence-electron chi connectivity index (χ1n) is 6.61. The Bertz CT molecular complexity index is 744. The lowest BCUT2D eigenvalue weighted by molar-refractivity contribution is 0.946. The maximum atomic E-state index is 4.57. The van der Waals surface area contributed by atoms with Crippen LogP contribution in [-0.4, -0.2) is 20.6 Å². The molecule has 0 spiro atoms. The maximum Gasteiger partial charge on any atom is 0.234 e. The molecule has 0 N–H and O–H groups in total. The highest BCUT2D eigenvalue weighted by Gasteiger charge is 2.10. The van der Waals surface area contributed by atoms with Gasteiger partial charge in [0.05, 0.1) is 0 Å². The summed E-state index contributed by atoms with van der Waals surface area (Å²) in [6.45, 7) is 4.20. The van der Waals surface area contributed by atoms with Crippen molar-refractivity contribution in [3.63, 3.8) is 0 Å². The van der Waals surface area contributed by atoms with Gasteiger partial charge in [-0.15, -0.1) is 11.8 Å². The molecular weight excluding hydrogens is 266 g/mol. The minimum atomic E-state index is 0.779. The van der Waals surface area contributed by atoms with Crippen LogP contribution in [0.15, 0.2) is 41.6 Å². The summed E-state index contributed by atoms with van der Waals surface area (Å²) < 4.78 is 2.05. The van der Waals surface area contributed by atoms with Crippen LogP contribution >= 0.6 is 11.8 Å². The van der Waals surface area contributed by atoms with Crippen LogP contribution < -0.4 is 0 Å². The highest BCUT2D eigenvalue weighted by molar-refractivity contribution is 7.98. The number of hydrogen-bond donors (Lipinski definition) is 0. The van der Waals surface area contributed by atoms with Crippen LogP contribution in [0.3, 0.4) is 0 Å². The third kappa shape index (κ3) is 2.31. The standard InChI is InChI=1S/C16H17N3S/c1-11-15(10-13-4-6-14(20-3)7-5-13)12(2)19-9-8-17-16(19)18-11/h4-9H,10H2,1-3H3. The Morgan fingerprint density at radius 1 is 1.15 bits per heavy atom. The van der Waals surface area contributed by atoms with Crippen molar-refractivity contribution in [2.45, 2.75) is 25.2 Å². The second-order valence-corrected chi connectivity index (χ2v) is 5.76. The molecule has 0 aliphatic rings. The molecule has 0 saturated carbocycles. The van der Waals surface area contributed by atoms with E-state index in [0.29, 0.717) is 0 Å². The first-order valence-corrected chi connectivity index (χ1v) is 7.83. The summed E-state index contributed by atoms with van der Waals surface area (Å²) in [5.74, 6) is 0.779. The summed E-state index contributed by atoms with van der Waals surface area (Å²) in [4.78, 5) is 10.1. The molecule has 3 nitrogen and oxygen atoms in total. The largest absolute Gasteiger partial charge is 0.288 e. The molecule has 4 heteroatoms.